The molecule has 1 aliphatic heterocycles. The van der Waals surface area contributed by atoms with E-state index in [1.54, 1.807) is 6.92 Å². The summed E-state index contributed by atoms with van der Waals surface area (Å²) in [5, 5.41) is 19.6. The van der Waals surface area contributed by atoms with Crippen LogP contribution < -0.4 is 4.90 Å². The molecule has 2 heterocycles. The predicted molar refractivity (Wildman–Crippen MR) is 74.0 cm³/mol. The van der Waals surface area contributed by atoms with Crippen molar-refractivity contribution >= 4 is 16.6 Å². The molecule has 1 N–H and O–H groups in total. The molecular weight excluding hydrogens is 257 g/mol. The molecule has 3 rings (SSSR count). The molecule has 0 unspecified atom stereocenters. The minimum Gasteiger partial charge on any atom is -0.391 e. The Kier molecular flexibility index (Phi) is 3.03. The number of β-amino-alcohol motifs (C(OH)–C–C–N with tert-alkyl or cyclic N) is 1. The van der Waals surface area contributed by atoms with Gasteiger partial charge in [0.05, 0.1) is 22.9 Å². The van der Waals surface area contributed by atoms with Crippen molar-refractivity contribution in [1.29, 1.82) is 5.26 Å². The fraction of sp³-hybridized carbons (Fsp3) is 0.333. The van der Waals surface area contributed by atoms with Gasteiger partial charge in [-0.3, -0.25) is 4.98 Å². The van der Waals surface area contributed by atoms with Gasteiger partial charge in [0.25, 0.3) is 0 Å². The number of aliphatic hydroxyl groups is 1. The molecule has 4 nitrogen and oxygen atoms in total. The molecule has 0 bridgehead atoms. The van der Waals surface area contributed by atoms with E-state index in [1.165, 1.54) is 18.3 Å². The topological polar surface area (TPSA) is 60.1 Å². The van der Waals surface area contributed by atoms with E-state index in [0.717, 1.165) is 5.56 Å². The third-order valence-electron chi connectivity index (χ3n) is 3.70. The van der Waals surface area contributed by atoms with Crippen molar-refractivity contribution in [1.82, 2.24) is 4.98 Å². The molecule has 1 fully saturated rings. The average Bonchev–Trinajstić information content (AvgIpc) is 2.83. The molecular formula is C15H14FN3O. The number of aromatic nitrogens is 1. The van der Waals surface area contributed by atoms with Crippen LogP contribution in [-0.2, 0) is 0 Å². The van der Waals surface area contributed by atoms with Crippen molar-refractivity contribution in [2.45, 2.75) is 19.4 Å². The number of benzene rings is 1. The summed E-state index contributed by atoms with van der Waals surface area (Å²) in [5.74, 6) is -0.340. The minimum absolute atomic E-state index is 0.340. The summed E-state index contributed by atoms with van der Waals surface area (Å²) in [4.78, 5) is 6.20. The number of hydrogen-bond acceptors (Lipinski definition) is 4. The lowest BCUT2D eigenvalue weighted by Gasteiger charge is -2.21. The van der Waals surface area contributed by atoms with E-state index >= 15 is 0 Å². The molecule has 1 aliphatic rings. The molecule has 1 aromatic heterocycles. The van der Waals surface area contributed by atoms with Gasteiger partial charge in [-0.2, -0.15) is 5.26 Å². The zero-order chi connectivity index (χ0) is 14.3. The highest BCUT2D eigenvalue weighted by molar-refractivity contribution is 5.96. The summed E-state index contributed by atoms with van der Waals surface area (Å²) in [6, 6.07) is 4.96. The first kappa shape index (κ1) is 12.8. The van der Waals surface area contributed by atoms with Crippen LogP contribution in [0.3, 0.4) is 0 Å². The van der Waals surface area contributed by atoms with Crippen LogP contribution in [0.4, 0.5) is 10.1 Å². The molecule has 20 heavy (non-hydrogen) atoms. The van der Waals surface area contributed by atoms with Crippen molar-refractivity contribution in [3.8, 4) is 6.07 Å². The van der Waals surface area contributed by atoms with Crippen LogP contribution in [0, 0.1) is 24.1 Å². The maximum atomic E-state index is 13.7. The molecule has 1 atom stereocenters. The van der Waals surface area contributed by atoms with Crippen LogP contribution in [0.1, 0.15) is 17.5 Å². The number of rotatable bonds is 1. The van der Waals surface area contributed by atoms with Gasteiger partial charge in [0.15, 0.2) is 0 Å². The SMILES string of the molecule is Cc1cc(F)cc2c(N3CC[C@@H](O)C3)c(C#N)cnc12. The van der Waals surface area contributed by atoms with Crippen LogP contribution in [0.15, 0.2) is 18.3 Å². The minimum atomic E-state index is -0.403. The lowest BCUT2D eigenvalue weighted by atomic mass is 10.1. The summed E-state index contributed by atoms with van der Waals surface area (Å²) >= 11 is 0. The maximum absolute atomic E-state index is 13.7. The zero-order valence-corrected chi connectivity index (χ0v) is 11.1. The Morgan fingerprint density at radius 2 is 2.30 bits per heavy atom. The number of nitrogens with zero attached hydrogens (tertiary/aromatic N) is 3. The second-order valence-electron chi connectivity index (χ2n) is 5.14. The van der Waals surface area contributed by atoms with E-state index in [0.29, 0.717) is 41.7 Å². The molecule has 0 saturated carbocycles. The van der Waals surface area contributed by atoms with Crippen molar-refractivity contribution in [2.75, 3.05) is 18.0 Å². The number of fused-ring (bicyclic) bond motifs is 1. The van der Waals surface area contributed by atoms with Gasteiger partial charge in [-0.05, 0) is 31.0 Å². The summed E-state index contributed by atoms with van der Waals surface area (Å²) in [6.07, 6.45) is 1.77. The Labute approximate surface area is 116 Å². The van der Waals surface area contributed by atoms with Crippen LogP contribution >= 0.6 is 0 Å². The third kappa shape index (κ3) is 1.98. The Bertz CT molecular complexity index is 723. The smallest absolute Gasteiger partial charge is 0.124 e. The number of aryl methyl sites for hydroxylation is 1. The quantitative estimate of drug-likeness (QED) is 0.863. The van der Waals surface area contributed by atoms with Gasteiger partial charge in [-0.25, -0.2) is 4.39 Å². The summed E-state index contributed by atoms with van der Waals surface area (Å²) in [6.45, 7) is 2.92. The van der Waals surface area contributed by atoms with Crippen LogP contribution in [-0.4, -0.2) is 29.3 Å². The van der Waals surface area contributed by atoms with Crippen molar-refractivity contribution in [2.24, 2.45) is 0 Å². The normalized spacial score (nSPS) is 18.5. The highest BCUT2D eigenvalue weighted by atomic mass is 19.1. The van der Waals surface area contributed by atoms with Crippen LogP contribution in [0.25, 0.3) is 10.9 Å². The first-order valence-corrected chi connectivity index (χ1v) is 6.52. The Morgan fingerprint density at radius 3 is 2.95 bits per heavy atom. The lowest BCUT2D eigenvalue weighted by Crippen LogP contribution is -2.22. The Morgan fingerprint density at radius 1 is 1.50 bits per heavy atom. The van der Waals surface area contributed by atoms with Crippen molar-refractivity contribution in [3.63, 3.8) is 0 Å². The van der Waals surface area contributed by atoms with E-state index in [-0.39, 0.29) is 5.82 Å². The van der Waals surface area contributed by atoms with E-state index in [9.17, 15) is 14.8 Å². The van der Waals surface area contributed by atoms with Gasteiger partial charge < -0.3 is 10.0 Å². The summed E-state index contributed by atoms with van der Waals surface area (Å²) in [5.41, 5.74) is 2.53. The van der Waals surface area contributed by atoms with Gasteiger partial charge >= 0.3 is 0 Å². The lowest BCUT2D eigenvalue weighted by molar-refractivity contribution is 0.198. The number of hydrogen-bond donors (Lipinski definition) is 1. The molecule has 102 valence electrons. The number of nitriles is 1. The highest BCUT2D eigenvalue weighted by Crippen LogP contribution is 2.33. The average molecular weight is 271 g/mol. The first-order chi connectivity index (χ1) is 9.60. The maximum Gasteiger partial charge on any atom is 0.124 e. The largest absolute Gasteiger partial charge is 0.391 e. The summed E-state index contributed by atoms with van der Waals surface area (Å²) < 4.78 is 13.7. The monoisotopic (exact) mass is 271 g/mol. The summed E-state index contributed by atoms with van der Waals surface area (Å²) in [7, 11) is 0. The van der Waals surface area contributed by atoms with Gasteiger partial charge in [-0.1, -0.05) is 0 Å². The van der Waals surface area contributed by atoms with Gasteiger partial charge in [-0.15, -0.1) is 0 Å². The first-order valence-electron chi connectivity index (χ1n) is 6.52. The molecule has 2 aromatic rings. The predicted octanol–water partition coefficient (Wildman–Crippen LogP) is 2.12. The molecule has 1 saturated heterocycles. The number of halogens is 1. The third-order valence-corrected chi connectivity index (χ3v) is 3.70. The Hall–Kier alpha value is -2.19. The molecule has 5 heteroatoms. The standard InChI is InChI=1S/C15H14FN3O/c1-9-4-11(16)5-13-14(9)18-7-10(6-17)15(13)19-3-2-12(20)8-19/h4-5,7,12,20H,2-3,8H2,1H3/t12-/m1/s1. The molecule has 0 amide bonds. The fourth-order valence-corrected chi connectivity index (χ4v) is 2.79. The fourth-order valence-electron chi connectivity index (χ4n) is 2.79. The van der Waals surface area contributed by atoms with E-state index in [2.05, 4.69) is 11.1 Å². The second-order valence-corrected chi connectivity index (χ2v) is 5.14. The van der Waals surface area contributed by atoms with Gasteiger partial charge in [0.2, 0.25) is 0 Å². The number of pyridine rings is 1. The van der Waals surface area contributed by atoms with Gasteiger partial charge in [0.1, 0.15) is 11.9 Å². The van der Waals surface area contributed by atoms with Gasteiger partial charge in [0, 0.05) is 24.7 Å². The zero-order valence-electron chi connectivity index (χ0n) is 11.1. The van der Waals surface area contributed by atoms with E-state index in [4.69, 9.17) is 0 Å². The van der Waals surface area contributed by atoms with E-state index < -0.39 is 6.10 Å². The molecule has 1 aromatic carbocycles. The van der Waals surface area contributed by atoms with Crippen LogP contribution in [0.2, 0.25) is 0 Å². The van der Waals surface area contributed by atoms with E-state index in [1.807, 2.05) is 4.90 Å². The number of aliphatic hydroxyl groups excluding tert-OH is 1. The highest BCUT2D eigenvalue weighted by Gasteiger charge is 2.25. The molecule has 0 spiro atoms. The van der Waals surface area contributed by atoms with Crippen molar-refractivity contribution < 1.29 is 9.50 Å². The molecule has 0 aliphatic carbocycles. The second kappa shape index (κ2) is 4.73. The van der Waals surface area contributed by atoms with Crippen molar-refractivity contribution in [3.05, 3.63) is 35.3 Å². The number of anilines is 1. The Balaban J connectivity index is 2.29. The molecule has 0 radical (unpaired) electrons. The van der Waals surface area contributed by atoms with Crippen LogP contribution in [0.5, 0.6) is 0 Å².